The van der Waals surface area contributed by atoms with E-state index in [2.05, 4.69) is 37.6 Å². The molecule has 6 heteroatoms. The number of alkyl halides is 1. The van der Waals surface area contributed by atoms with Gasteiger partial charge in [0.05, 0.1) is 7.11 Å². The van der Waals surface area contributed by atoms with Crippen molar-refractivity contribution in [1.29, 1.82) is 0 Å². The third-order valence-electron chi connectivity index (χ3n) is 3.28. The molecular formula is C17H23BrN2O3. The Kier molecular flexibility index (Phi) is 9.21. The van der Waals surface area contributed by atoms with Crippen LogP contribution in [0, 0.1) is 5.92 Å². The molecule has 1 aliphatic carbocycles. The number of halogens is 1. The topological polar surface area (TPSA) is 65.2 Å². The first-order valence-electron chi connectivity index (χ1n) is 7.61. The van der Waals surface area contributed by atoms with Gasteiger partial charge in [-0.2, -0.15) is 0 Å². The van der Waals surface area contributed by atoms with E-state index in [-0.39, 0.29) is 5.69 Å². The summed E-state index contributed by atoms with van der Waals surface area (Å²) in [6.07, 6.45) is 8.85. The average molecular weight is 383 g/mol. The molecule has 5 nitrogen and oxygen atoms in total. The Morgan fingerprint density at radius 2 is 2.04 bits per heavy atom. The van der Waals surface area contributed by atoms with Crippen LogP contribution in [-0.2, 0) is 4.74 Å². The predicted molar refractivity (Wildman–Crippen MR) is 93.6 cm³/mol. The van der Waals surface area contributed by atoms with E-state index in [1.807, 2.05) is 6.92 Å². The van der Waals surface area contributed by atoms with Crippen LogP contribution in [0.3, 0.4) is 0 Å². The number of methoxy groups -OCH3 is 1. The molecule has 0 saturated heterocycles. The SMILES string of the molecule is CC1CCC1.CCBr.COC(=O)c1ccc(-c2cocn2)cn1. The highest BCUT2D eigenvalue weighted by atomic mass is 79.9. The van der Waals surface area contributed by atoms with Crippen molar-refractivity contribution in [3.63, 3.8) is 0 Å². The van der Waals surface area contributed by atoms with Gasteiger partial charge < -0.3 is 9.15 Å². The zero-order chi connectivity index (χ0) is 17.1. The summed E-state index contributed by atoms with van der Waals surface area (Å²) in [5.74, 6) is 0.608. The van der Waals surface area contributed by atoms with E-state index in [0.29, 0.717) is 5.69 Å². The average Bonchev–Trinajstić information content (AvgIpc) is 3.08. The number of carbonyl (C=O) groups excluding carboxylic acids is 1. The Bertz CT molecular complexity index is 552. The molecule has 23 heavy (non-hydrogen) atoms. The lowest BCUT2D eigenvalue weighted by Crippen LogP contribution is -2.04. The number of rotatable bonds is 2. The monoisotopic (exact) mass is 382 g/mol. The first-order chi connectivity index (χ1) is 11.1. The van der Waals surface area contributed by atoms with Crippen LogP contribution in [0.2, 0.25) is 0 Å². The maximum absolute atomic E-state index is 11.1. The Hall–Kier alpha value is -1.69. The molecule has 0 aromatic carbocycles. The van der Waals surface area contributed by atoms with Gasteiger partial charge in [0.1, 0.15) is 17.7 Å². The Morgan fingerprint density at radius 3 is 2.39 bits per heavy atom. The molecule has 0 aliphatic heterocycles. The van der Waals surface area contributed by atoms with Gasteiger partial charge in [0.15, 0.2) is 6.39 Å². The Balaban J connectivity index is 0.000000273. The zero-order valence-electron chi connectivity index (χ0n) is 13.8. The molecule has 1 saturated carbocycles. The highest BCUT2D eigenvalue weighted by Gasteiger charge is 2.09. The fraction of sp³-hybridized carbons (Fsp3) is 0.471. The molecule has 0 bridgehead atoms. The number of hydrogen-bond acceptors (Lipinski definition) is 5. The minimum atomic E-state index is -0.457. The van der Waals surface area contributed by atoms with Crippen molar-refractivity contribution in [2.75, 3.05) is 12.4 Å². The van der Waals surface area contributed by atoms with E-state index in [1.165, 1.54) is 39.0 Å². The number of aromatic nitrogens is 2. The quantitative estimate of drug-likeness (QED) is 0.554. The summed E-state index contributed by atoms with van der Waals surface area (Å²) in [6, 6.07) is 3.31. The van der Waals surface area contributed by atoms with Crippen LogP contribution in [-0.4, -0.2) is 28.4 Å². The minimum Gasteiger partial charge on any atom is -0.464 e. The summed E-state index contributed by atoms with van der Waals surface area (Å²) in [5, 5.41) is 1.06. The summed E-state index contributed by atoms with van der Waals surface area (Å²) in [7, 11) is 1.32. The molecular weight excluding hydrogens is 360 g/mol. The second kappa shape index (κ2) is 10.9. The normalized spacial score (nSPS) is 12.9. The van der Waals surface area contributed by atoms with Gasteiger partial charge in [0.2, 0.25) is 0 Å². The highest BCUT2D eigenvalue weighted by Crippen LogP contribution is 2.24. The summed E-state index contributed by atoms with van der Waals surface area (Å²) < 4.78 is 9.37. The van der Waals surface area contributed by atoms with Gasteiger partial charge in [-0.3, -0.25) is 0 Å². The van der Waals surface area contributed by atoms with Crippen LogP contribution < -0.4 is 0 Å². The number of oxazole rings is 1. The van der Waals surface area contributed by atoms with Gasteiger partial charge in [0, 0.05) is 17.1 Å². The largest absolute Gasteiger partial charge is 0.464 e. The third kappa shape index (κ3) is 6.95. The van der Waals surface area contributed by atoms with Crippen molar-refractivity contribution in [2.45, 2.75) is 33.1 Å². The van der Waals surface area contributed by atoms with Crippen LogP contribution in [0.15, 0.2) is 35.4 Å². The molecule has 0 spiro atoms. The second-order valence-corrected chi connectivity index (χ2v) is 6.22. The van der Waals surface area contributed by atoms with Crippen molar-refractivity contribution in [1.82, 2.24) is 9.97 Å². The molecule has 0 amide bonds. The summed E-state index contributed by atoms with van der Waals surface area (Å²) in [5.41, 5.74) is 1.74. The lowest BCUT2D eigenvalue weighted by molar-refractivity contribution is 0.0594. The van der Waals surface area contributed by atoms with E-state index < -0.39 is 5.97 Å². The van der Waals surface area contributed by atoms with Gasteiger partial charge in [0.25, 0.3) is 0 Å². The summed E-state index contributed by atoms with van der Waals surface area (Å²) >= 11 is 3.15. The fourth-order valence-electron chi connectivity index (χ4n) is 1.74. The van der Waals surface area contributed by atoms with Crippen molar-refractivity contribution in [3.05, 3.63) is 36.7 Å². The van der Waals surface area contributed by atoms with Crippen LogP contribution >= 0.6 is 15.9 Å². The van der Waals surface area contributed by atoms with E-state index in [1.54, 1.807) is 18.3 Å². The zero-order valence-corrected chi connectivity index (χ0v) is 15.4. The molecule has 0 N–H and O–H groups in total. The molecule has 0 unspecified atom stereocenters. The molecule has 2 aromatic rings. The highest BCUT2D eigenvalue weighted by molar-refractivity contribution is 9.09. The molecule has 1 fully saturated rings. The molecule has 1 aliphatic rings. The minimum absolute atomic E-state index is 0.268. The van der Waals surface area contributed by atoms with Gasteiger partial charge in [-0.05, 0) is 18.1 Å². The molecule has 2 aromatic heterocycles. The molecule has 126 valence electrons. The van der Waals surface area contributed by atoms with Gasteiger partial charge in [-0.25, -0.2) is 14.8 Å². The molecule has 2 heterocycles. The summed E-state index contributed by atoms with van der Waals surface area (Å²) in [4.78, 5) is 19.0. The number of ether oxygens (including phenoxy) is 1. The van der Waals surface area contributed by atoms with Crippen molar-refractivity contribution in [3.8, 4) is 11.3 Å². The molecule has 0 atom stereocenters. The van der Waals surface area contributed by atoms with Crippen LogP contribution in [0.1, 0.15) is 43.6 Å². The summed E-state index contributed by atoms with van der Waals surface area (Å²) in [6.45, 7) is 4.35. The maximum Gasteiger partial charge on any atom is 0.356 e. The molecule has 0 radical (unpaired) electrons. The first kappa shape index (κ1) is 19.4. The standard InChI is InChI=1S/C10H8N2O3.C5H10.C2H5Br/c1-14-10(13)8-3-2-7(4-11-8)9-5-15-6-12-9;1-5-3-2-4-5;1-2-3/h2-6H,1H3;5H,2-4H2,1H3;2H2,1H3. The van der Waals surface area contributed by atoms with E-state index in [4.69, 9.17) is 4.42 Å². The van der Waals surface area contributed by atoms with Gasteiger partial charge in [-0.15, -0.1) is 0 Å². The predicted octanol–water partition coefficient (Wildman–Crippen LogP) is 4.73. The number of nitrogens with zero attached hydrogens (tertiary/aromatic N) is 2. The van der Waals surface area contributed by atoms with Gasteiger partial charge >= 0.3 is 5.97 Å². The van der Waals surface area contributed by atoms with E-state index >= 15 is 0 Å². The number of pyridine rings is 1. The van der Waals surface area contributed by atoms with Crippen LogP contribution in [0.4, 0.5) is 0 Å². The van der Waals surface area contributed by atoms with Crippen molar-refractivity contribution < 1.29 is 13.9 Å². The van der Waals surface area contributed by atoms with E-state index in [9.17, 15) is 4.79 Å². The smallest absolute Gasteiger partial charge is 0.356 e. The second-order valence-electron chi connectivity index (χ2n) is 5.10. The number of carbonyl (C=O) groups is 1. The first-order valence-corrected chi connectivity index (χ1v) is 8.73. The number of hydrogen-bond donors (Lipinski definition) is 0. The van der Waals surface area contributed by atoms with Crippen molar-refractivity contribution >= 4 is 21.9 Å². The lowest BCUT2D eigenvalue weighted by atomic mass is 9.88. The third-order valence-corrected chi connectivity index (χ3v) is 3.28. The number of esters is 1. The van der Waals surface area contributed by atoms with Crippen LogP contribution in [0.5, 0.6) is 0 Å². The fourth-order valence-corrected chi connectivity index (χ4v) is 1.74. The van der Waals surface area contributed by atoms with Crippen LogP contribution in [0.25, 0.3) is 11.3 Å². The lowest BCUT2D eigenvalue weighted by Gasteiger charge is -2.18. The molecule has 3 rings (SSSR count). The Morgan fingerprint density at radius 1 is 1.39 bits per heavy atom. The van der Waals surface area contributed by atoms with E-state index in [0.717, 1.165) is 16.8 Å². The van der Waals surface area contributed by atoms with Gasteiger partial charge in [-0.1, -0.05) is 49.0 Å². The van der Waals surface area contributed by atoms with Crippen molar-refractivity contribution in [2.24, 2.45) is 5.92 Å². The maximum atomic E-state index is 11.1. The Labute approximate surface area is 145 Å².